The Balaban J connectivity index is 1.93. The van der Waals surface area contributed by atoms with Crippen LogP contribution in [0.5, 0.6) is 0 Å². The van der Waals surface area contributed by atoms with Crippen LogP contribution in [0, 0.1) is 0 Å². The van der Waals surface area contributed by atoms with E-state index in [-0.39, 0.29) is 0 Å². The molecule has 0 saturated carbocycles. The van der Waals surface area contributed by atoms with Crippen molar-refractivity contribution in [2.45, 2.75) is 29.1 Å². The van der Waals surface area contributed by atoms with Crippen LogP contribution in [0.1, 0.15) is 12.8 Å². The maximum absolute atomic E-state index is 5.45. The van der Waals surface area contributed by atoms with E-state index in [0.717, 1.165) is 19.4 Å². The van der Waals surface area contributed by atoms with Crippen molar-refractivity contribution < 1.29 is 4.74 Å². The summed E-state index contributed by atoms with van der Waals surface area (Å²) in [6.45, 7) is 1.06. The fourth-order valence-electron chi connectivity index (χ4n) is 1.35. The molecule has 1 saturated heterocycles. The monoisotopic (exact) mass is 265 g/mol. The van der Waals surface area contributed by atoms with E-state index in [2.05, 4.69) is 40.1 Å². The normalized spacial score (nSPS) is 46.5. The van der Waals surface area contributed by atoms with Crippen LogP contribution in [0.25, 0.3) is 0 Å². The molecular weight excluding hydrogens is 253 g/mol. The van der Waals surface area contributed by atoms with Crippen LogP contribution in [0.3, 0.4) is 0 Å². The quantitative estimate of drug-likeness (QED) is 0.310. The fraction of sp³-hybridized carbons (Fsp3) is 0.750. The Bertz CT molecular complexity index is 171. The number of rotatable bonds is 0. The lowest BCUT2D eigenvalue weighted by molar-refractivity contribution is 0.344. The highest BCUT2D eigenvalue weighted by Gasteiger charge is 2.42. The Morgan fingerprint density at radius 2 is 2.36 bits per heavy atom. The highest BCUT2D eigenvalue weighted by Crippen LogP contribution is 2.30. The Morgan fingerprint density at radius 3 is 3.27 bits per heavy atom. The maximum atomic E-state index is 5.45. The number of nitrogens with one attached hydrogen (secondary N) is 1. The summed E-state index contributed by atoms with van der Waals surface area (Å²) < 4.78 is 6.11. The Morgan fingerprint density at radius 1 is 1.45 bits per heavy atom. The van der Waals surface area contributed by atoms with E-state index < -0.39 is 0 Å². The van der Waals surface area contributed by atoms with Gasteiger partial charge in [-0.1, -0.05) is 34.7 Å². The van der Waals surface area contributed by atoms with E-state index in [1.54, 1.807) is 0 Å². The summed E-state index contributed by atoms with van der Waals surface area (Å²) in [6.07, 6.45) is 7.64. The molecule has 0 aromatic rings. The van der Waals surface area contributed by atoms with Gasteiger partial charge < -0.3 is 4.74 Å². The maximum Gasteiger partial charge on any atom is 0.136 e. The van der Waals surface area contributed by atoms with Crippen molar-refractivity contribution in [2.75, 3.05) is 6.54 Å². The Hall–Kier alpha value is 0.390. The molecular formula is C8H12INO. The minimum Gasteiger partial charge on any atom is -0.352 e. The third-order valence-electron chi connectivity index (χ3n) is 2.07. The van der Waals surface area contributed by atoms with E-state index in [0.29, 0.717) is 16.3 Å². The molecule has 2 heterocycles. The molecule has 0 aromatic carbocycles. The average molecular weight is 265 g/mol. The lowest BCUT2D eigenvalue weighted by Gasteiger charge is -1.99. The molecule has 3 heteroatoms. The first-order chi connectivity index (χ1) is 5.38. The number of halogens is 1. The first-order valence-electron chi connectivity index (χ1n) is 4.06. The number of alkyl halides is 1. The average Bonchev–Trinajstić information content (AvgIpc) is 2.74. The van der Waals surface area contributed by atoms with Crippen LogP contribution in [0.2, 0.25) is 0 Å². The molecule has 2 rings (SSSR count). The van der Waals surface area contributed by atoms with Crippen molar-refractivity contribution in [2.24, 2.45) is 0 Å². The molecule has 0 amide bonds. The smallest absolute Gasteiger partial charge is 0.136 e. The van der Waals surface area contributed by atoms with Gasteiger partial charge in [0, 0.05) is 10.5 Å². The minimum atomic E-state index is 0.358. The van der Waals surface area contributed by atoms with Crippen molar-refractivity contribution in [3.05, 3.63) is 12.2 Å². The van der Waals surface area contributed by atoms with Crippen LogP contribution in [-0.2, 0) is 4.74 Å². The minimum absolute atomic E-state index is 0.358. The predicted octanol–water partition coefficient (Wildman–Crippen LogP) is 1.45. The molecule has 2 aliphatic rings. The molecule has 3 atom stereocenters. The number of ether oxygens (including phenoxy) is 1. The zero-order valence-corrected chi connectivity index (χ0v) is 8.45. The van der Waals surface area contributed by atoms with Crippen molar-refractivity contribution >= 4 is 22.6 Å². The predicted molar refractivity (Wildman–Crippen MR) is 52.8 cm³/mol. The summed E-state index contributed by atoms with van der Waals surface area (Å²) in [4.78, 5) is 0. The summed E-state index contributed by atoms with van der Waals surface area (Å²) in [7, 11) is 0. The van der Waals surface area contributed by atoms with Gasteiger partial charge in [0.15, 0.2) is 0 Å². The van der Waals surface area contributed by atoms with Crippen LogP contribution in [-0.4, -0.2) is 22.8 Å². The first-order valence-corrected chi connectivity index (χ1v) is 5.30. The number of hydrogen-bond acceptors (Lipinski definition) is 2. The lowest BCUT2D eigenvalue weighted by Crippen LogP contribution is -2.22. The molecule has 0 aromatic heterocycles. The first kappa shape index (κ1) is 8.01. The van der Waals surface area contributed by atoms with Crippen LogP contribution < -0.4 is 5.32 Å². The Kier molecular flexibility index (Phi) is 2.48. The van der Waals surface area contributed by atoms with Gasteiger partial charge in [-0.15, -0.1) is 0 Å². The van der Waals surface area contributed by atoms with Gasteiger partial charge in [0.05, 0.1) is 0 Å². The van der Waals surface area contributed by atoms with Crippen LogP contribution in [0.4, 0.5) is 0 Å². The second kappa shape index (κ2) is 3.41. The fourth-order valence-corrected chi connectivity index (χ4v) is 2.19. The van der Waals surface area contributed by atoms with Crippen molar-refractivity contribution in [3.63, 3.8) is 0 Å². The van der Waals surface area contributed by atoms with Crippen molar-refractivity contribution in [3.8, 4) is 0 Å². The molecule has 0 radical (unpaired) electrons. The van der Waals surface area contributed by atoms with Crippen LogP contribution in [0.15, 0.2) is 12.2 Å². The molecule has 0 spiro atoms. The molecule has 3 unspecified atom stereocenters. The topological polar surface area (TPSA) is 24.6 Å². The van der Waals surface area contributed by atoms with Gasteiger partial charge in [-0.3, -0.25) is 5.32 Å². The van der Waals surface area contributed by atoms with Gasteiger partial charge in [0.2, 0.25) is 0 Å². The molecule has 2 aliphatic heterocycles. The Labute approximate surface area is 80.5 Å². The van der Waals surface area contributed by atoms with Gasteiger partial charge >= 0.3 is 0 Å². The molecule has 11 heavy (non-hydrogen) atoms. The number of epoxide rings is 1. The highest BCUT2D eigenvalue weighted by atomic mass is 127. The summed E-state index contributed by atoms with van der Waals surface area (Å²) in [5.74, 6) is 0. The van der Waals surface area contributed by atoms with Crippen LogP contribution >= 0.6 is 22.6 Å². The van der Waals surface area contributed by atoms with Crippen molar-refractivity contribution in [1.82, 2.24) is 5.32 Å². The summed E-state index contributed by atoms with van der Waals surface area (Å²) in [5.41, 5.74) is 0. The lowest BCUT2D eigenvalue weighted by atomic mass is 10.2. The van der Waals surface area contributed by atoms with E-state index in [4.69, 9.17) is 4.74 Å². The zero-order chi connectivity index (χ0) is 7.68. The number of allylic oxidation sites excluding steroid dienone is 1. The van der Waals surface area contributed by atoms with E-state index in [9.17, 15) is 0 Å². The highest BCUT2D eigenvalue weighted by molar-refractivity contribution is 14.1. The van der Waals surface area contributed by atoms with E-state index in [1.165, 1.54) is 0 Å². The third-order valence-corrected chi connectivity index (χ3v) is 3.28. The summed E-state index contributed by atoms with van der Waals surface area (Å²) in [6, 6.07) is 0. The second-order valence-corrected chi connectivity index (χ2v) is 4.59. The molecule has 1 N–H and O–H groups in total. The van der Waals surface area contributed by atoms with Gasteiger partial charge in [-0.25, -0.2) is 0 Å². The van der Waals surface area contributed by atoms with Gasteiger partial charge in [-0.05, 0) is 12.8 Å². The van der Waals surface area contributed by atoms with Crippen molar-refractivity contribution in [1.29, 1.82) is 0 Å². The molecule has 1 fully saturated rings. The zero-order valence-electron chi connectivity index (χ0n) is 6.29. The van der Waals surface area contributed by atoms with Gasteiger partial charge in [-0.2, -0.15) is 0 Å². The van der Waals surface area contributed by atoms with E-state index >= 15 is 0 Å². The molecule has 2 nitrogen and oxygen atoms in total. The second-order valence-electron chi connectivity index (χ2n) is 2.99. The van der Waals surface area contributed by atoms with E-state index in [1.807, 2.05) is 0 Å². The number of fused-ring (bicyclic) bond motifs is 1. The third kappa shape index (κ3) is 1.95. The van der Waals surface area contributed by atoms with Gasteiger partial charge in [0.25, 0.3) is 0 Å². The summed E-state index contributed by atoms with van der Waals surface area (Å²) in [5, 5.41) is 3.35. The SMILES string of the molecule is IC1C/C=C\CCNC2OC12. The summed E-state index contributed by atoms with van der Waals surface area (Å²) >= 11 is 2.47. The molecule has 0 aliphatic carbocycles. The largest absolute Gasteiger partial charge is 0.352 e. The molecule has 0 bridgehead atoms. The van der Waals surface area contributed by atoms with Gasteiger partial charge in [0.1, 0.15) is 12.3 Å². The molecule has 62 valence electrons. The standard InChI is InChI=1S/C8H12INO/c9-6-4-2-1-3-5-10-8-7(6)11-8/h1-2,6-8,10H,3-5H2/b2-1-. The number of hydrogen-bond donors (Lipinski definition) is 1.